The number of nitrogen functional groups attached to an aromatic ring is 1. The summed E-state index contributed by atoms with van der Waals surface area (Å²) in [5, 5.41) is 4.91. The molecule has 0 aliphatic rings. The molecule has 0 aliphatic heterocycles. The van der Waals surface area contributed by atoms with Gasteiger partial charge in [-0.25, -0.2) is 0 Å². The van der Waals surface area contributed by atoms with Crippen LogP contribution in [0.15, 0.2) is 30.5 Å². The summed E-state index contributed by atoms with van der Waals surface area (Å²) in [7, 11) is 0. The van der Waals surface area contributed by atoms with Crippen molar-refractivity contribution in [2.45, 2.75) is 19.9 Å². The SMILES string of the molecule is Cc1c(Cl)cnn1CCc1ccccc1N. The Balaban J connectivity index is 2.08. The number of anilines is 1. The highest BCUT2D eigenvalue weighted by Crippen LogP contribution is 2.16. The van der Waals surface area contributed by atoms with Crippen molar-refractivity contribution in [3.8, 4) is 0 Å². The van der Waals surface area contributed by atoms with Crippen molar-refractivity contribution in [3.05, 3.63) is 46.7 Å². The van der Waals surface area contributed by atoms with Gasteiger partial charge in [-0.05, 0) is 25.0 Å². The molecule has 0 saturated carbocycles. The molecule has 4 heteroatoms. The molecule has 1 aromatic carbocycles. The highest BCUT2D eigenvalue weighted by molar-refractivity contribution is 6.31. The van der Waals surface area contributed by atoms with Gasteiger partial charge in [0, 0.05) is 12.2 Å². The molecule has 0 atom stereocenters. The number of benzene rings is 1. The Morgan fingerprint density at radius 1 is 1.38 bits per heavy atom. The second-order valence-corrected chi connectivity index (χ2v) is 4.16. The Labute approximate surface area is 99.8 Å². The molecule has 0 bridgehead atoms. The lowest BCUT2D eigenvalue weighted by Gasteiger charge is -2.07. The van der Waals surface area contributed by atoms with Gasteiger partial charge in [-0.15, -0.1) is 0 Å². The molecule has 1 heterocycles. The summed E-state index contributed by atoms with van der Waals surface area (Å²) >= 11 is 5.93. The largest absolute Gasteiger partial charge is 0.399 e. The van der Waals surface area contributed by atoms with Gasteiger partial charge in [0.1, 0.15) is 0 Å². The van der Waals surface area contributed by atoms with Crippen LogP contribution in [0.25, 0.3) is 0 Å². The zero-order chi connectivity index (χ0) is 11.5. The van der Waals surface area contributed by atoms with E-state index in [9.17, 15) is 0 Å². The first-order chi connectivity index (χ1) is 7.68. The first-order valence-corrected chi connectivity index (χ1v) is 5.57. The number of hydrogen-bond donors (Lipinski definition) is 1. The van der Waals surface area contributed by atoms with E-state index in [-0.39, 0.29) is 0 Å². The molecule has 1 aromatic heterocycles. The summed E-state index contributed by atoms with van der Waals surface area (Å²) in [6.45, 7) is 2.76. The Morgan fingerprint density at radius 3 is 2.75 bits per heavy atom. The van der Waals surface area contributed by atoms with Crippen LogP contribution in [0.4, 0.5) is 5.69 Å². The zero-order valence-electron chi connectivity index (χ0n) is 9.15. The lowest BCUT2D eigenvalue weighted by Crippen LogP contribution is -2.06. The Kier molecular flexibility index (Phi) is 3.15. The number of aromatic nitrogens is 2. The van der Waals surface area contributed by atoms with Crippen molar-refractivity contribution in [1.29, 1.82) is 0 Å². The van der Waals surface area contributed by atoms with Crippen molar-refractivity contribution in [1.82, 2.24) is 9.78 Å². The van der Waals surface area contributed by atoms with Gasteiger partial charge in [0.05, 0.1) is 16.9 Å². The zero-order valence-corrected chi connectivity index (χ0v) is 9.91. The fourth-order valence-corrected chi connectivity index (χ4v) is 1.78. The van der Waals surface area contributed by atoms with Crippen LogP contribution in [0.2, 0.25) is 5.02 Å². The normalized spacial score (nSPS) is 10.6. The average molecular weight is 236 g/mol. The van der Waals surface area contributed by atoms with Crippen LogP contribution >= 0.6 is 11.6 Å². The van der Waals surface area contributed by atoms with E-state index >= 15 is 0 Å². The van der Waals surface area contributed by atoms with Gasteiger partial charge in [0.25, 0.3) is 0 Å². The minimum Gasteiger partial charge on any atom is -0.399 e. The van der Waals surface area contributed by atoms with E-state index in [0.717, 1.165) is 29.9 Å². The van der Waals surface area contributed by atoms with E-state index in [1.807, 2.05) is 35.9 Å². The maximum absolute atomic E-state index is 5.93. The topological polar surface area (TPSA) is 43.8 Å². The van der Waals surface area contributed by atoms with Crippen LogP contribution in [-0.2, 0) is 13.0 Å². The second-order valence-electron chi connectivity index (χ2n) is 3.75. The van der Waals surface area contributed by atoms with E-state index in [4.69, 9.17) is 17.3 Å². The van der Waals surface area contributed by atoms with Crippen LogP contribution in [-0.4, -0.2) is 9.78 Å². The number of hydrogen-bond acceptors (Lipinski definition) is 2. The number of aryl methyl sites for hydroxylation is 2. The summed E-state index contributed by atoms with van der Waals surface area (Å²) in [4.78, 5) is 0. The highest BCUT2D eigenvalue weighted by atomic mass is 35.5. The number of nitrogens with zero attached hydrogens (tertiary/aromatic N) is 2. The van der Waals surface area contributed by atoms with Gasteiger partial charge in [-0.3, -0.25) is 4.68 Å². The molecule has 2 aromatic rings. The monoisotopic (exact) mass is 235 g/mol. The van der Waals surface area contributed by atoms with Crippen LogP contribution in [0.3, 0.4) is 0 Å². The summed E-state index contributed by atoms with van der Waals surface area (Å²) in [5.41, 5.74) is 8.85. The fourth-order valence-electron chi connectivity index (χ4n) is 1.64. The van der Waals surface area contributed by atoms with Crippen molar-refractivity contribution in [3.63, 3.8) is 0 Å². The summed E-state index contributed by atoms with van der Waals surface area (Å²) in [6, 6.07) is 7.89. The van der Waals surface area contributed by atoms with Gasteiger partial charge in [0.15, 0.2) is 0 Å². The highest BCUT2D eigenvalue weighted by Gasteiger charge is 2.04. The quantitative estimate of drug-likeness (QED) is 0.832. The molecule has 84 valence electrons. The maximum atomic E-state index is 5.93. The van der Waals surface area contributed by atoms with E-state index in [1.54, 1.807) is 6.20 Å². The standard InChI is InChI=1S/C12H14ClN3/c1-9-11(13)8-15-16(9)7-6-10-4-2-3-5-12(10)14/h2-5,8H,6-7,14H2,1H3. The van der Waals surface area contributed by atoms with E-state index < -0.39 is 0 Å². The Morgan fingerprint density at radius 2 is 2.12 bits per heavy atom. The van der Waals surface area contributed by atoms with Gasteiger partial charge in [-0.1, -0.05) is 29.8 Å². The van der Waals surface area contributed by atoms with Crippen molar-refractivity contribution in [2.75, 3.05) is 5.73 Å². The first-order valence-electron chi connectivity index (χ1n) is 5.20. The Bertz CT molecular complexity index is 491. The molecular formula is C12H14ClN3. The van der Waals surface area contributed by atoms with Crippen molar-refractivity contribution < 1.29 is 0 Å². The molecule has 2 N–H and O–H groups in total. The molecule has 0 radical (unpaired) electrons. The van der Waals surface area contributed by atoms with E-state index in [0.29, 0.717) is 5.02 Å². The molecule has 2 rings (SSSR count). The number of rotatable bonds is 3. The van der Waals surface area contributed by atoms with Crippen molar-refractivity contribution in [2.24, 2.45) is 0 Å². The molecule has 0 spiro atoms. The molecule has 0 amide bonds. The number of para-hydroxylation sites is 1. The lowest BCUT2D eigenvalue weighted by molar-refractivity contribution is 0.599. The van der Waals surface area contributed by atoms with Gasteiger partial charge < -0.3 is 5.73 Å². The molecule has 0 saturated heterocycles. The van der Waals surface area contributed by atoms with E-state index in [1.165, 1.54) is 0 Å². The smallest absolute Gasteiger partial charge is 0.0814 e. The summed E-state index contributed by atoms with van der Waals surface area (Å²) in [5.74, 6) is 0. The van der Waals surface area contributed by atoms with Gasteiger partial charge in [-0.2, -0.15) is 5.10 Å². The molecule has 0 fully saturated rings. The predicted octanol–water partition coefficient (Wildman–Crippen LogP) is 2.67. The minimum absolute atomic E-state index is 0.709. The third-order valence-corrected chi connectivity index (χ3v) is 3.06. The first kappa shape index (κ1) is 11.0. The van der Waals surface area contributed by atoms with Crippen molar-refractivity contribution >= 4 is 17.3 Å². The van der Waals surface area contributed by atoms with Gasteiger partial charge >= 0.3 is 0 Å². The second kappa shape index (κ2) is 4.58. The fraction of sp³-hybridized carbons (Fsp3) is 0.250. The minimum atomic E-state index is 0.709. The third kappa shape index (κ3) is 2.19. The average Bonchev–Trinajstić information content (AvgIpc) is 2.59. The summed E-state index contributed by atoms with van der Waals surface area (Å²) in [6.07, 6.45) is 2.54. The van der Waals surface area contributed by atoms with Gasteiger partial charge in [0.2, 0.25) is 0 Å². The molecule has 16 heavy (non-hydrogen) atoms. The maximum Gasteiger partial charge on any atom is 0.0814 e. The molecule has 0 aliphatic carbocycles. The summed E-state index contributed by atoms with van der Waals surface area (Å²) < 4.78 is 1.90. The van der Waals surface area contributed by atoms with Crippen LogP contribution < -0.4 is 5.73 Å². The van der Waals surface area contributed by atoms with E-state index in [2.05, 4.69) is 5.10 Å². The lowest BCUT2D eigenvalue weighted by atomic mass is 10.1. The number of halogens is 1. The Hall–Kier alpha value is -1.48. The number of nitrogens with two attached hydrogens (primary N) is 1. The third-order valence-electron chi connectivity index (χ3n) is 2.69. The van der Waals surface area contributed by atoms with Crippen LogP contribution in [0.5, 0.6) is 0 Å². The van der Waals surface area contributed by atoms with Crippen LogP contribution in [0, 0.1) is 6.92 Å². The molecule has 0 unspecified atom stereocenters. The van der Waals surface area contributed by atoms with Crippen LogP contribution in [0.1, 0.15) is 11.3 Å². The molecular weight excluding hydrogens is 222 g/mol. The predicted molar refractivity (Wildman–Crippen MR) is 66.5 cm³/mol. The molecule has 3 nitrogen and oxygen atoms in total.